The molecule has 0 aliphatic rings. The fourth-order valence-corrected chi connectivity index (χ4v) is 1.40. The van der Waals surface area contributed by atoms with Crippen LogP contribution in [0.1, 0.15) is 19.0 Å². The van der Waals surface area contributed by atoms with Crippen LogP contribution in [0.25, 0.3) is 0 Å². The highest BCUT2D eigenvalue weighted by atomic mass is 15.3. The normalized spacial score (nSPS) is 9.62. The van der Waals surface area contributed by atoms with Crippen molar-refractivity contribution in [1.29, 1.82) is 5.26 Å². The molecule has 0 radical (unpaired) electrons. The van der Waals surface area contributed by atoms with Gasteiger partial charge in [-0.05, 0) is 13.8 Å². The summed E-state index contributed by atoms with van der Waals surface area (Å²) in [6.45, 7) is 5.35. The van der Waals surface area contributed by atoms with Crippen molar-refractivity contribution >= 4 is 11.8 Å². The Morgan fingerprint density at radius 2 is 2.31 bits per heavy atom. The first-order valence-electron chi connectivity index (χ1n) is 5.15. The van der Waals surface area contributed by atoms with Crippen LogP contribution < -0.4 is 16.2 Å². The zero-order valence-electron chi connectivity index (χ0n) is 9.56. The lowest BCUT2D eigenvalue weighted by Gasteiger charge is -2.21. The summed E-state index contributed by atoms with van der Waals surface area (Å²) < 4.78 is 0. The number of nitrogen functional groups attached to an aromatic ring is 1. The van der Waals surface area contributed by atoms with Gasteiger partial charge in [0.1, 0.15) is 5.82 Å². The first kappa shape index (κ1) is 12.2. The van der Waals surface area contributed by atoms with Crippen molar-refractivity contribution in [1.82, 2.24) is 9.97 Å². The standard InChI is InChI=1S/C10H16N6/c1-3-16(6-4-5-11)9-7-8(2)13-10(14-9)15-12/h7H,3-4,6,12H2,1-2H3,(H,13,14,15). The predicted molar refractivity (Wildman–Crippen MR) is 62.7 cm³/mol. The molecular formula is C10H16N6. The van der Waals surface area contributed by atoms with Crippen molar-refractivity contribution in [2.24, 2.45) is 5.84 Å². The molecule has 1 aromatic heterocycles. The zero-order valence-corrected chi connectivity index (χ0v) is 9.56. The Bertz CT molecular complexity index is 383. The molecule has 0 spiro atoms. The lowest BCUT2D eigenvalue weighted by molar-refractivity contribution is 0.806. The van der Waals surface area contributed by atoms with Gasteiger partial charge in [0.2, 0.25) is 5.95 Å². The summed E-state index contributed by atoms with van der Waals surface area (Å²) >= 11 is 0. The first-order chi connectivity index (χ1) is 7.71. The van der Waals surface area contributed by atoms with E-state index in [-0.39, 0.29) is 0 Å². The molecule has 0 saturated carbocycles. The molecule has 0 unspecified atom stereocenters. The van der Waals surface area contributed by atoms with Crippen LogP contribution in [0.3, 0.4) is 0 Å². The van der Waals surface area contributed by atoms with Gasteiger partial charge in [-0.1, -0.05) is 0 Å². The molecule has 0 saturated heterocycles. The van der Waals surface area contributed by atoms with Crippen molar-refractivity contribution < 1.29 is 0 Å². The Balaban J connectivity index is 2.91. The van der Waals surface area contributed by atoms with Gasteiger partial charge in [0.15, 0.2) is 0 Å². The van der Waals surface area contributed by atoms with Gasteiger partial charge in [-0.15, -0.1) is 0 Å². The van der Waals surface area contributed by atoms with Crippen LogP contribution in [-0.2, 0) is 0 Å². The molecule has 0 fully saturated rings. The fraction of sp³-hybridized carbons (Fsp3) is 0.500. The van der Waals surface area contributed by atoms with Crippen molar-refractivity contribution in [2.45, 2.75) is 20.3 Å². The van der Waals surface area contributed by atoms with Crippen LogP contribution in [-0.4, -0.2) is 23.1 Å². The molecule has 0 bridgehead atoms. The van der Waals surface area contributed by atoms with Crippen LogP contribution >= 0.6 is 0 Å². The third-order valence-electron chi connectivity index (χ3n) is 2.17. The molecule has 0 aliphatic heterocycles. The molecule has 1 aromatic rings. The number of anilines is 2. The Kier molecular flexibility index (Phi) is 4.48. The number of nitriles is 1. The van der Waals surface area contributed by atoms with Crippen LogP contribution in [0.15, 0.2) is 6.07 Å². The first-order valence-corrected chi connectivity index (χ1v) is 5.15. The average molecular weight is 220 g/mol. The minimum absolute atomic E-state index is 0.394. The van der Waals surface area contributed by atoms with E-state index in [1.807, 2.05) is 24.8 Å². The second-order valence-corrected chi connectivity index (χ2v) is 3.32. The summed E-state index contributed by atoms with van der Waals surface area (Å²) in [4.78, 5) is 10.4. The molecule has 6 nitrogen and oxygen atoms in total. The van der Waals surface area contributed by atoms with E-state index in [0.717, 1.165) is 18.1 Å². The zero-order chi connectivity index (χ0) is 12.0. The highest BCUT2D eigenvalue weighted by molar-refractivity contribution is 5.44. The number of hydrogen-bond donors (Lipinski definition) is 2. The molecule has 6 heteroatoms. The maximum atomic E-state index is 8.57. The minimum atomic E-state index is 0.394. The van der Waals surface area contributed by atoms with Gasteiger partial charge in [-0.3, -0.25) is 5.43 Å². The number of aryl methyl sites for hydroxylation is 1. The summed E-state index contributed by atoms with van der Waals surface area (Å²) in [5.74, 6) is 6.47. The Morgan fingerprint density at radius 1 is 1.56 bits per heavy atom. The topological polar surface area (TPSA) is 90.9 Å². The SMILES string of the molecule is CCN(CCC#N)c1cc(C)nc(NN)n1. The summed E-state index contributed by atoms with van der Waals surface area (Å²) in [6, 6.07) is 4.00. The van der Waals surface area contributed by atoms with E-state index < -0.39 is 0 Å². The molecule has 86 valence electrons. The van der Waals surface area contributed by atoms with E-state index in [1.165, 1.54) is 0 Å². The van der Waals surface area contributed by atoms with Gasteiger partial charge in [-0.2, -0.15) is 10.2 Å². The lowest BCUT2D eigenvalue weighted by Crippen LogP contribution is -2.25. The second-order valence-electron chi connectivity index (χ2n) is 3.32. The largest absolute Gasteiger partial charge is 0.356 e. The van der Waals surface area contributed by atoms with Crippen molar-refractivity contribution in [3.8, 4) is 6.07 Å². The maximum Gasteiger partial charge on any atom is 0.239 e. The van der Waals surface area contributed by atoms with E-state index in [9.17, 15) is 0 Å². The molecule has 3 N–H and O–H groups in total. The van der Waals surface area contributed by atoms with Crippen molar-refractivity contribution in [2.75, 3.05) is 23.4 Å². The highest BCUT2D eigenvalue weighted by Gasteiger charge is 2.08. The van der Waals surface area contributed by atoms with Gasteiger partial charge in [0.05, 0.1) is 12.5 Å². The Labute approximate surface area is 95.1 Å². The number of nitrogens with one attached hydrogen (secondary N) is 1. The average Bonchev–Trinajstić information content (AvgIpc) is 2.29. The molecule has 0 aromatic carbocycles. The molecule has 1 heterocycles. The molecule has 16 heavy (non-hydrogen) atoms. The predicted octanol–water partition coefficient (Wildman–Crippen LogP) is 0.811. The number of hydrazine groups is 1. The third kappa shape index (κ3) is 3.07. The summed E-state index contributed by atoms with van der Waals surface area (Å²) in [6.07, 6.45) is 0.474. The van der Waals surface area contributed by atoms with Crippen LogP contribution in [0.5, 0.6) is 0 Å². The van der Waals surface area contributed by atoms with E-state index in [1.54, 1.807) is 0 Å². The number of nitrogens with zero attached hydrogens (tertiary/aromatic N) is 4. The van der Waals surface area contributed by atoms with Gasteiger partial charge in [-0.25, -0.2) is 10.8 Å². The molecule has 0 aliphatic carbocycles. The van der Waals surface area contributed by atoms with Crippen LogP contribution in [0, 0.1) is 18.3 Å². The quantitative estimate of drug-likeness (QED) is 0.563. The van der Waals surface area contributed by atoms with Crippen molar-refractivity contribution in [3.05, 3.63) is 11.8 Å². The van der Waals surface area contributed by atoms with Crippen molar-refractivity contribution in [3.63, 3.8) is 0 Å². The van der Waals surface area contributed by atoms with E-state index >= 15 is 0 Å². The number of aromatic nitrogens is 2. The monoisotopic (exact) mass is 220 g/mol. The van der Waals surface area contributed by atoms with Crippen LogP contribution in [0.4, 0.5) is 11.8 Å². The molecule has 0 atom stereocenters. The van der Waals surface area contributed by atoms with E-state index in [2.05, 4.69) is 21.5 Å². The van der Waals surface area contributed by atoms with E-state index in [0.29, 0.717) is 18.9 Å². The summed E-state index contributed by atoms with van der Waals surface area (Å²) in [5.41, 5.74) is 3.27. The van der Waals surface area contributed by atoms with E-state index in [4.69, 9.17) is 11.1 Å². The van der Waals surface area contributed by atoms with Crippen LogP contribution in [0.2, 0.25) is 0 Å². The van der Waals surface area contributed by atoms with Gasteiger partial charge < -0.3 is 4.90 Å². The minimum Gasteiger partial charge on any atom is -0.356 e. The van der Waals surface area contributed by atoms with Gasteiger partial charge >= 0.3 is 0 Å². The molecular weight excluding hydrogens is 204 g/mol. The fourth-order valence-electron chi connectivity index (χ4n) is 1.40. The second kappa shape index (κ2) is 5.88. The lowest BCUT2D eigenvalue weighted by atomic mass is 10.3. The Morgan fingerprint density at radius 3 is 2.88 bits per heavy atom. The number of hydrogen-bond acceptors (Lipinski definition) is 6. The Hall–Kier alpha value is -1.87. The summed E-state index contributed by atoms with van der Waals surface area (Å²) in [5, 5.41) is 8.57. The number of nitrogens with two attached hydrogens (primary N) is 1. The number of rotatable bonds is 5. The third-order valence-corrected chi connectivity index (χ3v) is 2.17. The molecule has 0 amide bonds. The molecule has 1 rings (SSSR count). The summed E-state index contributed by atoms with van der Waals surface area (Å²) in [7, 11) is 0. The van der Waals surface area contributed by atoms with Gasteiger partial charge in [0.25, 0.3) is 0 Å². The highest BCUT2D eigenvalue weighted by Crippen LogP contribution is 2.14. The smallest absolute Gasteiger partial charge is 0.239 e. The maximum absolute atomic E-state index is 8.57. The van der Waals surface area contributed by atoms with Gasteiger partial charge in [0, 0.05) is 24.8 Å².